The highest BCUT2D eigenvalue weighted by Gasteiger charge is 2.44. The largest absolute Gasteiger partial charge is 0.463 e. The molecule has 36 heavy (non-hydrogen) atoms. The number of hydrogen-bond acceptors (Lipinski definition) is 10. The monoisotopic (exact) mass is 505 g/mol. The van der Waals surface area contributed by atoms with E-state index in [-0.39, 0.29) is 38.3 Å². The van der Waals surface area contributed by atoms with Crippen LogP contribution in [-0.4, -0.2) is 66.8 Å². The van der Waals surface area contributed by atoms with Crippen molar-refractivity contribution in [3.63, 3.8) is 0 Å². The van der Waals surface area contributed by atoms with Gasteiger partial charge in [0.15, 0.2) is 0 Å². The van der Waals surface area contributed by atoms with Crippen LogP contribution in [0, 0.1) is 11.8 Å². The summed E-state index contributed by atoms with van der Waals surface area (Å²) < 4.78 is 15.1. The maximum atomic E-state index is 12.9. The van der Waals surface area contributed by atoms with Crippen LogP contribution < -0.4 is 5.73 Å². The Bertz CT molecular complexity index is 936. The molecule has 0 bridgehead atoms. The lowest BCUT2D eigenvalue weighted by Gasteiger charge is -2.39. The van der Waals surface area contributed by atoms with Gasteiger partial charge in [0.1, 0.15) is 12.3 Å². The van der Waals surface area contributed by atoms with E-state index in [4.69, 9.17) is 24.8 Å². The van der Waals surface area contributed by atoms with Gasteiger partial charge in [0.2, 0.25) is 5.76 Å². The van der Waals surface area contributed by atoms with Crippen LogP contribution in [0.4, 0.5) is 4.79 Å². The van der Waals surface area contributed by atoms with Gasteiger partial charge in [-0.2, -0.15) is 0 Å². The van der Waals surface area contributed by atoms with E-state index in [1.807, 2.05) is 30.3 Å². The Kier molecular flexibility index (Phi) is 11.4. The fourth-order valence-corrected chi connectivity index (χ4v) is 3.88. The lowest BCUT2D eigenvalue weighted by Crippen LogP contribution is -2.62. The highest BCUT2D eigenvalue weighted by Crippen LogP contribution is 2.37. The van der Waals surface area contributed by atoms with Gasteiger partial charge in [-0.15, -0.1) is 0 Å². The normalized spacial score (nSPS) is 19.4. The Labute approximate surface area is 210 Å². The standard InChI is InChI=1S/C25H35N3O8/c1-4-33-22(30)14-21(23(31)34-5-2)36-27-17-25(26,20-12-11-19(13-20)15-29)28(3)24(32)35-16-18-9-7-6-8-10-18/h6-10,14,17,19-20,29H,4-5,11-13,15-16,26H2,1-3H3/b21-14+,27-17?. The van der Waals surface area contributed by atoms with Crippen LogP contribution in [0.2, 0.25) is 0 Å². The number of carbonyl (C=O) groups is 3. The molecule has 0 spiro atoms. The summed E-state index contributed by atoms with van der Waals surface area (Å²) in [4.78, 5) is 43.3. The van der Waals surface area contributed by atoms with E-state index < -0.39 is 29.5 Å². The summed E-state index contributed by atoms with van der Waals surface area (Å²) in [5, 5.41) is 13.4. The third kappa shape index (κ3) is 8.06. The number of aliphatic hydroxyl groups is 1. The summed E-state index contributed by atoms with van der Waals surface area (Å²) in [6.07, 6.45) is 3.21. The molecular weight excluding hydrogens is 470 g/mol. The van der Waals surface area contributed by atoms with Crippen molar-refractivity contribution in [1.29, 1.82) is 0 Å². The van der Waals surface area contributed by atoms with Crippen LogP contribution >= 0.6 is 0 Å². The lowest BCUT2D eigenvalue weighted by atomic mass is 9.90. The fraction of sp³-hybridized carbons (Fsp3) is 0.520. The Morgan fingerprint density at radius 3 is 2.44 bits per heavy atom. The Morgan fingerprint density at radius 2 is 1.83 bits per heavy atom. The maximum absolute atomic E-state index is 12.9. The van der Waals surface area contributed by atoms with Crippen LogP contribution in [0.5, 0.6) is 0 Å². The van der Waals surface area contributed by atoms with Gasteiger partial charge in [0, 0.05) is 19.6 Å². The first kappa shape index (κ1) is 28.8. The van der Waals surface area contributed by atoms with Gasteiger partial charge in [-0.3, -0.25) is 4.90 Å². The zero-order chi connectivity index (χ0) is 26.6. The first-order valence-electron chi connectivity index (χ1n) is 11.9. The van der Waals surface area contributed by atoms with E-state index >= 15 is 0 Å². The lowest BCUT2D eigenvalue weighted by molar-refractivity contribution is -0.144. The number of hydrogen-bond donors (Lipinski definition) is 2. The third-order valence-electron chi connectivity index (χ3n) is 5.94. The van der Waals surface area contributed by atoms with E-state index in [1.54, 1.807) is 13.8 Å². The van der Waals surface area contributed by atoms with E-state index in [1.165, 1.54) is 18.2 Å². The first-order valence-corrected chi connectivity index (χ1v) is 11.9. The van der Waals surface area contributed by atoms with Crippen molar-refractivity contribution in [3.05, 3.63) is 47.7 Å². The summed E-state index contributed by atoms with van der Waals surface area (Å²) in [5.41, 5.74) is 6.03. The van der Waals surface area contributed by atoms with E-state index in [0.717, 1.165) is 18.1 Å². The molecule has 1 saturated carbocycles. The smallest absolute Gasteiger partial charge is 0.411 e. The number of nitrogens with two attached hydrogens (primary N) is 1. The highest BCUT2D eigenvalue weighted by molar-refractivity contribution is 5.94. The zero-order valence-electron chi connectivity index (χ0n) is 20.9. The Balaban J connectivity index is 2.24. The molecule has 1 amide bonds. The number of carbonyl (C=O) groups excluding carboxylic acids is 3. The average Bonchev–Trinajstić information content (AvgIpc) is 3.37. The molecule has 2 rings (SSSR count). The second kappa shape index (κ2) is 14.2. The quantitative estimate of drug-likeness (QED) is 0.0830. The van der Waals surface area contributed by atoms with Crippen molar-refractivity contribution in [2.45, 2.75) is 45.4 Å². The van der Waals surface area contributed by atoms with Crippen LogP contribution in [-0.2, 0) is 35.2 Å². The number of ether oxygens (including phenoxy) is 3. The van der Waals surface area contributed by atoms with Crippen molar-refractivity contribution >= 4 is 24.2 Å². The van der Waals surface area contributed by atoms with Gasteiger partial charge in [-0.1, -0.05) is 35.5 Å². The molecule has 3 atom stereocenters. The predicted molar refractivity (Wildman–Crippen MR) is 130 cm³/mol. The second-order valence-corrected chi connectivity index (χ2v) is 8.35. The molecule has 0 heterocycles. The molecule has 1 aromatic rings. The molecule has 0 aromatic heterocycles. The SMILES string of the molecule is CCOC(=O)/C=C(/ON=CC(N)(C1CCC(CO)C1)N(C)C(=O)OCc1ccccc1)C(=O)OCC. The number of esters is 2. The highest BCUT2D eigenvalue weighted by atomic mass is 16.7. The van der Waals surface area contributed by atoms with Gasteiger partial charge in [0.05, 0.1) is 25.5 Å². The minimum absolute atomic E-state index is 0.00231. The second-order valence-electron chi connectivity index (χ2n) is 8.35. The van der Waals surface area contributed by atoms with Crippen molar-refractivity contribution in [2.24, 2.45) is 22.7 Å². The van der Waals surface area contributed by atoms with Gasteiger partial charge >= 0.3 is 18.0 Å². The number of benzene rings is 1. The molecule has 11 heteroatoms. The summed E-state index contributed by atoms with van der Waals surface area (Å²) in [6, 6.07) is 9.18. The molecule has 1 fully saturated rings. The van der Waals surface area contributed by atoms with Crippen LogP contribution in [0.1, 0.15) is 38.7 Å². The van der Waals surface area contributed by atoms with Crippen molar-refractivity contribution < 1.29 is 38.5 Å². The van der Waals surface area contributed by atoms with Gasteiger partial charge in [0.25, 0.3) is 0 Å². The van der Waals surface area contributed by atoms with E-state index in [0.29, 0.717) is 12.8 Å². The minimum Gasteiger partial charge on any atom is -0.463 e. The van der Waals surface area contributed by atoms with Crippen LogP contribution in [0.15, 0.2) is 47.3 Å². The fourth-order valence-electron chi connectivity index (χ4n) is 3.88. The summed E-state index contributed by atoms with van der Waals surface area (Å²) in [5.74, 6) is -2.47. The Hall–Kier alpha value is -3.44. The van der Waals surface area contributed by atoms with Crippen molar-refractivity contribution in [2.75, 3.05) is 26.9 Å². The molecule has 198 valence electrons. The van der Waals surface area contributed by atoms with Gasteiger partial charge in [-0.05, 0) is 44.6 Å². The van der Waals surface area contributed by atoms with Crippen molar-refractivity contribution in [3.8, 4) is 0 Å². The summed E-state index contributed by atoms with van der Waals surface area (Å²) >= 11 is 0. The van der Waals surface area contributed by atoms with E-state index in [9.17, 15) is 19.5 Å². The maximum Gasteiger partial charge on any atom is 0.411 e. The van der Waals surface area contributed by atoms with Crippen LogP contribution in [0.25, 0.3) is 0 Å². The number of oxime groups is 1. The molecular formula is C25H35N3O8. The minimum atomic E-state index is -1.47. The molecule has 0 radical (unpaired) electrons. The Morgan fingerprint density at radius 1 is 1.14 bits per heavy atom. The molecule has 3 N–H and O–H groups in total. The van der Waals surface area contributed by atoms with E-state index in [2.05, 4.69) is 5.16 Å². The van der Waals surface area contributed by atoms with Gasteiger partial charge < -0.3 is 29.9 Å². The molecule has 1 aliphatic carbocycles. The van der Waals surface area contributed by atoms with Crippen LogP contribution in [0.3, 0.4) is 0 Å². The summed E-state index contributed by atoms with van der Waals surface area (Å²) in [7, 11) is 1.48. The third-order valence-corrected chi connectivity index (χ3v) is 5.94. The number of amides is 1. The molecule has 1 aromatic carbocycles. The molecule has 1 aliphatic rings. The first-order chi connectivity index (χ1) is 17.2. The number of rotatable bonds is 12. The van der Waals surface area contributed by atoms with Gasteiger partial charge in [-0.25, -0.2) is 14.4 Å². The predicted octanol–water partition coefficient (Wildman–Crippen LogP) is 2.33. The average molecular weight is 506 g/mol. The number of nitrogens with zero attached hydrogens (tertiary/aromatic N) is 2. The molecule has 0 aliphatic heterocycles. The molecule has 3 unspecified atom stereocenters. The summed E-state index contributed by atoms with van der Waals surface area (Å²) in [6.45, 7) is 3.41. The zero-order valence-corrected chi connectivity index (χ0v) is 20.9. The topological polar surface area (TPSA) is 150 Å². The number of aliphatic hydroxyl groups excluding tert-OH is 1. The van der Waals surface area contributed by atoms with Crippen molar-refractivity contribution in [1.82, 2.24) is 4.90 Å². The molecule has 0 saturated heterocycles. The molecule has 11 nitrogen and oxygen atoms in total.